The zero-order valence-electron chi connectivity index (χ0n) is 9.00. The number of likely N-dealkylation sites (N-methyl/N-ethyl adjacent to an activating group) is 1. The molecule has 0 saturated carbocycles. The number of hydrogen-bond donors (Lipinski definition) is 0. The molecule has 0 radical (unpaired) electrons. The van der Waals surface area contributed by atoms with E-state index in [2.05, 4.69) is 15.9 Å². The zero-order chi connectivity index (χ0) is 10.7. The first-order valence-electron chi connectivity index (χ1n) is 5.02. The second kappa shape index (κ2) is 5.12. The lowest BCUT2D eigenvalue weighted by molar-refractivity contribution is -0.131. The molecule has 1 heterocycles. The molecule has 0 spiro atoms. The van der Waals surface area contributed by atoms with Gasteiger partial charge in [0.2, 0.25) is 5.91 Å². The van der Waals surface area contributed by atoms with Gasteiger partial charge in [0.1, 0.15) is 0 Å². The second-order valence-corrected chi connectivity index (χ2v) is 5.10. The average Bonchev–Trinajstić information content (AvgIpc) is 2.67. The van der Waals surface area contributed by atoms with Crippen LogP contribution in [0.5, 0.6) is 0 Å². The maximum Gasteiger partial charge on any atom is 0.236 e. The number of carbonyl (C=O) groups is 1. The monoisotopic (exact) mass is 263 g/mol. The predicted octanol–water partition coefficient (Wildman–Crippen LogP) is 1.65. The number of nitrogens with zero attached hydrogens (tertiary/aromatic N) is 1. The van der Waals surface area contributed by atoms with E-state index in [0.29, 0.717) is 12.5 Å². The molecule has 4 heteroatoms. The van der Waals surface area contributed by atoms with Crippen LogP contribution in [0.15, 0.2) is 0 Å². The molecule has 1 rings (SSSR count). The van der Waals surface area contributed by atoms with Gasteiger partial charge in [0, 0.05) is 13.7 Å². The third-order valence-corrected chi connectivity index (χ3v) is 4.07. The molecule has 1 aliphatic heterocycles. The Morgan fingerprint density at radius 1 is 1.57 bits per heavy atom. The minimum absolute atomic E-state index is 0.0758. The van der Waals surface area contributed by atoms with Crippen molar-refractivity contribution in [1.82, 2.24) is 4.90 Å². The number of ether oxygens (including phenoxy) is 1. The lowest BCUT2D eigenvalue weighted by Crippen LogP contribution is -2.42. The van der Waals surface area contributed by atoms with Crippen molar-refractivity contribution < 1.29 is 9.53 Å². The summed E-state index contributed by atoms with van der Waals surface area (Å²) in [6.45, 7) is 5.53. The second-order valence-electron chi connectivity index (χ2n) is 4.11. The molecule has 2 unspecified atom stereocenters. The third-order valence-electron chi connectivity index (χ3n) is 2.62. The maximum absolute atomic E-state index is 11.9. The highest BCUT2D eigenvalue weighted by Gasteiger charge is 2.29. The Morgan fingerprint density at radius 2 is 2.21 bits per heavy atom. The fourth-order valence-electron chi connectivity index (χ4n) is 1.49. The van der Waals surface area contributed by atoms with Gasteiger partial charge in [-0.3, -0.25) is 4.79 Å². The van der Waals surface area contributed by atoms with E-state index in [-0.39, 0.29) is 16.8 Å². The van der Waals surface area contributed by atoms with Gasteiger partial charge in [0.15, 0.2) is 0 Å². The summed E-state index contributed by atoms with van der Waals surface area (Å²) in [5.41, 5.74) is 0. The van der Waals surface area contributed by atoms with Crippen molar-refractivity contribution in [2.75, 3.05) is 20.3 Å². The van der Waals surface area contributed by atoms with Crippen molar-refractivity contribution in [3.8, 4) is 0 Å². The number of rotatable bonds is 3. The van der Waals surface area contributed by atoms with E-state index in [1.807, 2.05) is 25.8 Å². The van der Waals surface area contributed by atoms with Crippen molar-refractivity contribution >= 4 is 21.8 Å². The first-order valence-corrected chi connectivity index (χ1v) is 5.94. The van der Waals surface area contributed by atoms with Gasteiger partial charge in [0.25, 0.3) is 0 Å². The van der Waals surface area contributed by atoms with Crippen LogP contribution in [0.25, 0.3) is 0 Å². The van der Waals surface area contributed by atoms with Gasteiger partial charge in [-0.05, 0) is 12.3 Å². The van der Waals surface area contributed by atoms with E-state index < -0.39 is 0 Å². The van der Waals surface area contributed by atoms with E-state index in [1.54, 1.807) is 0 Å². The summed E-state index contributed by atoms with van der Waals surface area (Å²) in [6, 6.07) is 0.265. The Morgan fingerprint density at radius 3 is 2.64 bits per heavy atom. The lowest BCUT2D eigenvalue weighted by Gasteiger charge is -2.26. The van der Waals surface area contributed by atoms with E-state index in [4.69, 9.17) is 4.74 Å². The van der Waals surface area contributed by atoms with Gasteiger partial charge in [-0.25, -0.2) is 0 Å². The van der Waals surface area contributed by atoms with Gasteiger partial charge in [-0.2, -0.15) is 0 Å². The quantitative estimate of drug-likeness (QED) is 0.725. The summed E-state index contributed by atoms with van der Waals surface area (Å²) in [5.74, 6) is 0.489. The smallest absolute Gasteiger partial charge is 0.236 e. The van der Waals surface area contributed by atoms with Crippen LogP contribution in [-0.2, 0) is 9.53 Å². The van der Waals surface area contributed by atoms with Crippen molar-refractivity contribution in [2.24, 2.45) is 5.92 Å². The van der Waals surface area contributed by atoms with Gasteiger partial charge in [-0.1, -0.05) is 29.8 Å². The Labute approximate surface area is 93.9 Å². The Bertz CT molecular complexity index is 202. The Hall–Kier alpha value is -0.0900. The summed E-state index contributed by atoms with van der Waals surface area (Å²) in [7, 11) is 1.86. The minimum atomic E-state index is -0.0758. The third kappa shape index (κ3) is 2.70. The topological polar surface area (TPSA) is 29.5 Å². The molecule has 2 atom stereocenters. The van der Waals surface area contributed by atoms with E-state index in [9.17, 15) is 4.79 Å². The number of alkyl halides is 1. The molecule has 82 valence electrons. The van der Waals surface area contributed by atoms with Crippen LogP contribution in [0, 0.1) is 5.92 Å². The van der Waals surface area contributed by atoms with Gasteiger partial charge in [-0.15, -0.1) is 0 Å². The highest BCUT2D eigenvalue weighted by Crippen LogP contribution is 2.18. The minimum Gasteiger partial charge on any atom is -0.379 e. The molecular weight excluding hydrogens is 246 g/mol. The van der Waals surface area contributed by atoms with Crippen LogP contribution >= 0.6 is 15.9 Å². The molecule has 1 amide bonds. The fraction of sp³-hybridized carbons (Fsp3) is 0.900. The molecule has 0 aromatic rings. The van der Waals surface area contributed by atoms with Gasteiger partial charge < -0.3 is 9.64 Å². The van der Waals surface area contributed by atoms with Crippen LogP contribution in [0.2, 0.25) is 0 Å². The summed E-state index contributed by atoms with van der Waals surface area (Å²) in [4.78, 5) is 13.6. The van der Waals surface area contributed by atoms with E-state index in [0.717, 1.165) is 13.0 Å². The predicted molar refractivity (Wildman–Crippen MR) is 59.5 cm³/mol. The van der Waals surface area contributed by atoms with Gasteiger partial charge >= 0.3 is 0 Å². The maximum atomic E-state index is 11.9. The fourth-order valence-corrected chi connectivity index (χ4v) is 1.81. The molecule has 1 saturated heterocycles. The molecule has 0 aromatic carbocycles. The van der Waals surface area contributed by atoms with E-state index >= 15 is 0 Å². The molecule has 0 bridgehead atoms. The van der Waals surface area contributed by atoms with Crippen LogP contribution < -0.4 is 0 Å². The summed E-state index contributed by atoms with van der Waals surface area (Å²) in [5, 5.41) is 0. The molecule has 1 fully saturated rings. The summed E-state index contributed by atoms with van der Waals surface area (Å²) >= 11 is 3.42. The SMILES string of the molecule is CC(C)C(Br)C(=O)N(C)C1CCOC1. The van der Waals surface area contributed by atoms with Crippen LogP contribution in [-0.4, -0.2) is 41.9 Å². The van der Waals surface area contributed by atoms with Gasteiger partial charge in [0.05, 0.1) is 17.5 Å². The first-order chi connectivity index (χ1) is 6.54. The largest absolute Gasteiger partial charge is 0.379 e. The van der Waals surface area contributed by atoms with Crippen molar-refractivity contribution in [3.63, 3.8) is 0 Å². The van der Waals surface area contributed by atoms with Crippen molar-refractivity contribution in [2.45, 2.75) is 31.1 Å². The molecule has 0 aliphatic carbocycles. The zero-order valence-corrected chi connectivity index (χ0v) is 10.6. The molecular formula is C10H18BrNO2. The first kappa shape index (κ1) is 12.0. The number of hydrogen-bond acceptors (Lipinski definition) is 2. The van der Waals surface area contributed by atoms with Crippen molar-refractivity contribution in [1.29, 1.82) is 0 Å². The highest BCUT2D eigenvalue weighted by molar-refractivity contribution is 9.10. The normalized spacial score (nSPS) is 23.9. The molecule has 1 aliphatic rings. The van der Waals surface area contributed by atoms with E-state index in [1.165, 1.54) is 0 Å². The molecule has 3 nitrogen and oxygen atoms in total. The molecule has 0 aromatic heterocycles. The number of amides is 1. The van der Waals surface area contributed by atoms with Crippen LogP contribution in [0.1, 0.15) is 20.3 Å². The Kier molecular flexibility index (Phi) is 4.38. The number of halogens is 1. The number of carbonyl (C=O) groups excluding carboxylic acids is 1. The molecule has 14 heavy (non-hydrogen) atoms. The molecule has 0 N–H and O–H groups in total. The summed E-state index contributed by atoms with van der Waals surface area (Å²) < 4.78 is 5.26. The highest BCUT2D eigenvalue weighted by atomic mass is 79.9. The van der Waals surface area contributed by atoms with Crippen LogP contribution in [0.4, 0.5) is 0 Å². The average molecular weight is 264 g/mol. The van der Waals surface area contributed by atoms with Crippen LogP contribution in [0.3, 0.4) is 0 Å². The van der Waals surface area contributed by atoms with Crippen molar-refractivity contribution in [3.05, 3.63) is 0 Å². The Balaban J connectivity index is 2.50. The standard InChI is InChI=1S/C10H18BrNO2/c1-7(2)9(11)10(13)12(3)8-4-5-14-6-8/h7-9H,4-6H2,1-3H3. The lowest BCUT2D eigenvalue weighted by atomic mass is 10.1. The summed E-state index contributed by atoms with van der Waals surface area (Å²) in [6.07, 6.45) is 0.958.